The maximum Gasteiger partial charge on any atom is 0.323 e. The standard InChI is InChI=1S/C25H21F2NO4S/c1-16-22(23-13-20(27)9-10-24(23)28(16)14-25(29)30)12-18-3-2-4-21(11-18)33(31,32)15-17-5-7-19(26)8-6-17/h2-11,13H,12,14-15H2,1H3,(H,29,30). The van der Waals surface area contributed by atoms with Crippen LogP contribution in [0.1, 0.15) is 22.4 Å². The molecule has 170 valence electrons. The topological polar surface area (TPSA) is 76.4 Å². The molecular weight excluding hydrogens is 448 g/mol. The van der Waals surface area contributed by atoms with E-state index in [2.05, 4.69) is 0 Å². The van der Waals surface area contributed by atoms with E-state index in [1.165, 1.54) is 42.5 Å². The predicted octanol–water partition coefficient (Wildman–Crippen LogP) is 4.88. The zero-order chi connectivity index (χ0) is 23.8. The number of aliphatic carboxylic acids is 1. The number of benzene rings is 3. The average Bonchev–Trinajstić information content (AvgIpc) is 3.00. The molecule has 8 heteroatoms. The van der Waals surface area contributed by atoms with Crippen molar-refractivity contribution in [2.24, 2.45) is 0 Å². The van der Waals surface area contributed by atoms with Gasteiger partial charge in [-0.3, -0.25) is 4.79 Å². The average molecular weight is 470 g/mol. The zero-order valence-electron chi connectivity index (χ0n) is 17.8. The van der Waals surface area contributed by atoms with Gasteiger partial charge in [0.2, 0.25) is 0 Å². The number of hydrogen-bond donors (Lipinski definition) is 1. The van der Waals surface area contributed by atoms with Crippen LogP contribution in [-0.2, 0) is 33.4 Å². The van der Waals surface area contributed by atoms with E-state index in [0.717, 1.165) is 5.56 Å². The fraction of sp³-hybridized carbons (Fsp3) is 0.160. The van der Waals surface area contributed by atoms with Gasteiger partial charge in [-0.15, -0.1) is 0 Å². The summed E-state index contributed by atoms with van der Waals surface area (Å²) in [5.74, 6) is -2.16. The fourth-order valence-corrected chi connectivity index (χ4v) is 5.44. The first-order chi connectivity index (χ1) is 15.6. The molecule has 0 aliphatic carbocycles. The first-order valence-corrected chi connectivity index (χ1v) is 11.8. The molecule has 0 bridgehead atoms. The minimum atomic E-state index is -3.68. The zero-order valence-corrected chi connectivity index (χ0v) is 18.6. The summed E-state index contributed by atoms with van der Waals surface area (Å²) in [4.78, 5) is 11.5. The minimum Gasteiger partial charge on any atom is -0.480 e. The molecule has 0 atom stereocenters. The Bertz CT molecular complexity index is 1460. The van der Waals surface area contributed by atoms with Crippen molar-refractivity contribution in [3.05, 3.63) is 101 Å². The number of carbonyl (C=O) groups is 1. The number of carboxylic acids is 1. The number of nitrogens with zero attached hydrogens (tertiary/aromatic N) is 1. The highest BCUT2D eigenvalue weighted by Crippen LogP contribution is 2.30. The van der Waals surface area contributed by atoms with Gasteiger partial charge in [0.25, 0.3) is 0 Å². The second kappa shape index (κ2) is 8.78. The lowest BCUT2D eigenvalue weighted by Crippen LogP contribution is -2.10. The van der Waals surface area contributed by atoms with E-state index >= 15 is 0 Å². The third-order valence-corrected chi connectivity index (χ3v) is 7.30. The fourth-order valence-electron chi connectivity index (χ4n) is 4.02. The molecule has 0 aliphatic rings. The summed E-state index contributed by atoms with van der Waals surface area (Å²) < 4.78 is 54.6. The molecule has 0 fully saturated rings. The predicted molar refractivity (Wildman–Crippen MR) is 121 cm³/mol. The highest BCUT2D eigenvalue weighted by Gasteiger charge is 2.19. The van der Waals surface area contributed by atoms with Gasteiger partial charge in [0, 0.05) is 16.6 Å². The van der Waals surface area contributed by atoms with Crippen LogP contribution < -0.4 is 0 Å². The second-order valence-corrected chi connectivity index (χ2v) is 9.90. The monoisotopic (exact) mass is 469 g/mol. The first kappa shape index (κ1) is 22.7. The molecule has 1 aromatic heterocycles. The minimum absolute atomic E-state index is 0.127. The molecule has 0 spiro atoms. The van der Waals surface area contributed by atoms with Crippen molar-refractivity contribution < 1.29 is 27.1 Å². The van der Waals surface area contributed by atoms with Crippen LogP contribution in [0.4, 0.5) is 8.78 Å². The number of sulfone groups is 1. The number of aromatic nitrogens is 1. The van der Waals surface area contributed by atoms with Gasteiger partial charge in [0.1, 0.15) is 18.2 Å². The van der Waals surface area contributed by atoms with Crippen LogP contribution >= 0.6 is 0 Å². The summed E-state index contributed by atoms with van der Waals surface area (Å²) in [6, 6.07) is 16.0. The van der Waals surface area contributed by atoms with Crippen LogP contribution in [0.25, 0.3) is 10.9 Å². The maximum absolute atomic E-state index is 14.0. The van der Waals surface area contributed by atoms with Crippen molar-refractivity contribution in [2.45, 2.75) is 30.5 Å². The van der Waals surface area contributed by atoms with Gasteiger partial charge in [-0.25, -0.2) is 17.2 Å². The van der Waals surface area contributed by atoms with Crippen molar-refractivity contribution in [1.82, 2.24) is 4.57 Å². The number of fused-ring (bicyclic) bond motifs is 1. The Kier molecular flexibility index (Phi) is 6.03. The number of carboxylic acid groups (broad SMARTS) is 1. The Labute approximate surface area is 189 Å². The quantitative estimate of drug-likeness (QED) is 0.419. The number of halogens is 2. The van der Waals surface area contributed by atoms with E-state index in [0.29, 0.717) is 34.1 Å². The van der Waals surface area contributed by atoms with E-state index < -0.39 is 27.4 Å². The Morgan fingerprint density at radius 1 is 0.939 bits per heavy atom. The van der Waals surface area contributed by atoms with E-state index in [-0.39, 0.29) is 17.2 Å². The Morgan fingerprint density at radius 3 is 2.33 bits per heavy atom. The third kappa shape index (κ3) is 4.80. The van der Waals surface area contributed by atoms with Gasteiger partial charge in [-0.2, -0.15) is 0 Å². The molecule has 4 aromatic rings. The normalized spacial score (nSPS) is 11.7. The molecule has 5 nitrogen and oxygen atoms in total. The summed E-state index contributed by atoms with van der Waals surface area (Å²) in [5.41, 5.74) is 3.18. The van der Waals surface area contributed by atoms with Crippen LogP contribution in [0.5, 0.6) is 0 Å². The lowest BCUT2D eigenvalue weighted by Gasteiger charge is -2.09. The number of rotatable bonds is 7. The maximum atomic E-state index is 14.0. The molecule has 4 rings (SSSR count). The SMILES string of the molecule is Cc1c(Cc2cccc(S(=O)(=O)Cc3ccc(F)cc3)c2)c2cc(F)ccc2n1CC(=O)O. The molecule has 0 unspecified atom stereocenters. The summed E-state index contributed by atoms with van der Waals surface area (Å²) in [6.45, 7) is 1.51. The van der Waals surface area contributed by atoms with Crippen LogP contribution in [0.2, 0.25) is 0 Å². The van der Waals surface area contributed by atoms with Gasteiger partial charge in [0.15, 0.2) is 9.84 Å². The van der Waals surface area contributed by atoms with Crippen LogP contribution in [0.3, 0.4) is 0 Å². The molecule has 33 heavy (non-hydrogen) atoms. The van der Waals surface area contributed by atoms with Crippen molar-refractivity contribution in [1.29, 1.82) is 0 Å². The largest absolute Gasteiger partial charge is 0.480 e. The van der Waals surface area contributed by atoms with Gasteiger partial charge in [-0.1, -0.05) is 24.3 Å². The Balaban J connectivity index is 1.70. The molecule has 1 heterocycles. The van der Waals surface area contributed by atoms with Crippen LogP contribution in [0, 0.1) is 18.6 Å². The highest BCUT2D eigenvalue weighted by atomic mass is 32.2. The highest BCUT2D eigenvalue weighted by molar-refractivity contribution is 7.90. The van der Waals surface area contributed by atoms with Crippen molar-refractivity contribution >= 4 is 26.7 Å². The van der Waals surface area contributed by atoms with Gasteiger partial charge in [-0.05, 0) is 72.5 Å². The Hall–Kier alpha value is -3.52. The first-order valence-electron chi connectivity index (χ1n) is 10.2. The van der Waals surface area contributed by atoms with E-state index in [9.17, 15) is 27.1 Å². The summed E-state index contributed by atoms with van der Waals surface area (Å²) >= 11 is 0. The molecule has 3 aromatic carbocycles. The smallest absolute Gasteiger partial charge is 0.323 e. The lowest BCUT2D eigenvalue weighted by molar-refractivity contribution is -0.137. The molecule has 0 saturated heterocycles. The second-order valence-electron chi connectivity index (χ2n) is 7.92. The summed E-state index contributed by atoms with van der Waals surface area (Å²) in [7, 11) is -3.68. The number of hydrogen-bond acceptors (Lipinski definition) is 3. The molecule has 1 N–H and O–H groups in total. The molecule has 0 saturated carbocycles. The molecular formula is C25H21F2NO4S. The van der Waals surface area contributed by atoms with E-state index in [1.807, 2.05) is 0 Å². The van der Waals surface area contributed by atoms with Gasteiger partial charge in [0.05, 0.1) is 10.6 Å². The van der Waals surface area contributed by atoms with Gasteiger partial charge >= 0.3 is 5.97 Å². The van der Waals surface area contributed by atoms with Crippen LogP contribution in [-0.4, -0.2) is 24.1 Å². The van der Waals surface area contributed by atoms with E-state index in [4.69, 9.17) is 0 Å². The Morgan fingerprint density at radius 2 is 1.64 bits per heavy atom. The van der Waals surface area contributed by atoms with Crippen molar-refractivity contribution in [3.8, 4) is 0 Å². The molecule has 0 aliphatic heterocycles. The van der Waals surface area contributed by atoms with E-state index in [1.54, 1.807) is 35.8 Å². The molecule has 0 radical (unpaired) electrons. The third-order valence-electron chi connectivity index (χ3n) is 5.62. The lowest BCUT2D eigenvalue weighted by atomic mass is 10.0. The van der Waals surface area contributed by atoms with Crippen molar-refractivity contribution in [2.75, 3.05) is 0 Å². The van der Waals surface area contributed by atoms with Gasteiger partial charge < -0.3 is 9.67 Å². The summed E-state index contributed by atoms with van der Waals surface area (Å²) in [5, 5.41) is 9.88. The molecule has 0 amide bonds. The van der Waals surface area contributed by atoms with Crippen molar-refractivity contribution in [3.63, 3.8) is 0 Å². The summed E-state index contributed by atoms with van der Waals surface area (Å²) in [6.07, 6.45) is 0.304. The van der Waals surface area contributed by atoms with Crippen LogP contribution in [0.15, 0.2) is 71.6 Å².